The minimum Gasteiger partial charge on any atom is -0.430 e. The van der Waals surface area contributed by atoms with Crippen LogP contribution in [0, 0.1) is 12.7 Å². The smallest absolute Gasteiger partial charge is 0.278 e. The molecule has 2 N–H and O–H groups in total. The average molecular weight is 238 g/mol. The van der Waals surface area contributed by atoms with Gasteiger partial charge >= 0.3 is 0 Å². The van der Waals surface area contributed by atoms with Crippen LogP contribution >= 0.6 is 11.3 Å². The molecule has 0 amide bonds. The van der Waals surface area contributed by atoms with Gasteiger partial charge in [-0.3, -0.25) is 0 Å². The zero-order valence-corrected chi connectivity index (χ0v) is 9.55. The van der Waals surface area contributed by atoms with Gasteiger partial charge in [-0.25, -0.2) is 9.37 Å². The Kier molecular flexibility index (Phi) is 3.17. The number of nitrogens with two attached hydrogens (primary N) is 1. The molecule has 1 heterocycles. The van der Waals surface area contributed by atoms with Gasteiger partial charge in [-0.05, 0) is 19.1 Å². The Hall–Kier alpha value is -1.46. The second-order valence-electron chi connectivity index (χ2n) is 3.28. The molecule has 0 bridgehead atoms. The van der Waals surface area contributed by atoms with Crippen LogP contribution < -0.4 is 10.5 Å². The van der Waals surface area contributed by atoms with E-state index >= 15 is 0 Å². The lowest BCUT2D eigenvalue weighted by Gasteiger charge is -2.07. The Morgan fingerprint density at radius 1 is 1.50 bits per heavy atom. The van der Waals surface area contributed by atoms with Gasteiger partial charge in [-0.1, -0.05) is 17.4 Å². The van der Waals surface area contributed by atoms with Crippen molar-refractivity contribution in [3.05, 3.63) is 40.7 Å². The Morgan fingerprint density at radius 2 is 2.31 bits per heavy atom. The summed E-state index contributed by atoms with van der Waals surface area (Å²) in [5.74, 6) is 0.0742. The van der Waals surface area contributed by atoms with Gasteiger partial charge in [-0.2, -0.15) is 0 Å². The van der Waals surface area contributed by atoms with Gasteiger partial charge < -0.3 is 10.5 Å². The van der Waals surface area contributed by atoms with Crippen molar-refractivity contribution < 1.29 is 9.13 Å². The third kappa shape index (κ3) is 2.20. The Morgan fingerprint density at radius 3 is 2.94 bits per heavy atom. The maximum absolute atomic E-state index is 13.4. The molecule has 0 aliphatic rings. The summed E-state index contributed by atoms with van der Waals surface area (Å²) in [4.78, 5) is 4.14. The Labute approximate surface area is 96.7 Å². The Balaban J connectivity index is 2.30. The molecule has 84 valence electrons. The van der Waals surface area contributed by atoms with E-state index in [1.54, 1.807) is 12.1 Å². The first-order valence-electron chi connectivity index (χ1n) is 4.78. The highest BCUT2D eigenvalue weighted by Gasteiger charge is 2.10. The molecule has 0 atom stereocenters. The molecule has 1 aromatic carbocycles. The van der Waals surface area contributed by atoms with Crippen LogP contribution in [0.4, 0.5) is 4.39 Å². The number of aromatic nitrogens is 1. The van der Waals surface area contributed by atoms with E-state index in [-0.39, 0.29) is 12.4 Å². The van der Waals surface area contributed by atoms with Crippen LogP contribution in [0.15, 0.2) is 23.6 Å². The second-order valence-corrected chi connectivity index (χ2v) is 4.10. The molecular formula is C11H11FN2OS. The van der Waals surface area contributed by atoms with E-state index in [4.69, 9.17) is 10.5 Å². The number of aryl methyl sites for hydroxylation is 1. The van der Waals surface area contributed by atoms with Crippen molar-refractivity contribution in [2.75, 3.05) is 0 Å². The first kappa shape index (κ1) is 11.0. The van der Waals surface area contributed by atoms with Crippen LogP contribution in [0.2, 0.25) is 0 Å². The molecule has 16 heavy (non-hydrogen) atoms. The quantitative estimate of drug-likeness (QED) is 0.894. The first-order valence-corrected chi connectivity index (χ1v) is 5.66. The maximum Gasteiger partial charge on any atom is 0.278 e. The number of rotatable bonds is 3. The van der Waals surface area contributed by atoms with Crippen molar-refractivity contribution in [1.82, 2.24) is 4.98 Å². The molecule has 5 heteroatoms. The van der Waals surface area contributed by atoms with Gasteiger partial charge in [0.1, 0.15) is 11.6 Å². The van der Waals surface area contributed by atoms with Crippen LogP contribution in [0.3, 0.4) is 0 Å². The summed E-state index contributed by atoms with van der Waals surface area (Å²) in [6.45, 7) is 1.98. The van der Waals surface area contributed by atoms with E-state index in [0.717, 1.165) is 5.69 Å². The minimum atomic E-state index is -0.353. The third-order valence-corrected chi connectivity index (χ3v) is 2.91. The van der Waals surface area contributed by atoms with Crippen LogP contribution in [-0.4, -0.2) is 4.98 Å². The topological polar surface area (TPSA) is 48.1 Å². The van der Waals surface area contributed by atoms with Crippen molar-refractivity contribution in [3.63, 3.8) is 0 Å². The van der Waals surface area contributed by atoms with Gasteiger partial charge in [0, 0.05) is 17.5 Å². The molecule has 2 rings (SSSR count). The Bertz CT molecular complexity index is 498. The maximum atomic E-state index is 13.4. The van der Waals surface area contributed by atoms with Gasteiger partial charge in [0.2, 0.25) is 0 Å². The molecular weight excluding hydrogens is 227 g/mol. The molecule has 1 aromatic heterocycles. The number of benzene rings is 1. The van der Waals surface area contributed by atoms with Gasteiger partial charge in [0.15, 0.2) is 0 Å². The van der Waals surface area contributed by atoms with Crippen molar-refractivity contribution in [3.8, 4) is 10.9 Å². The number of hydrogen-bond acceptors (Lipinski definition) is 4. The highest BCUT2D eigenvalue weighted by atomic mass is 32.1. The number of nitrogens with zero attached hydrogens (tertiary/aromatic N) is 1. The summed E-state index contributed by atoms with van der Waals surface area (Å²) in [7, 11) is 0. The molecule has 0 radical (unpaired) electrons. The highest BCUT2D eigenvalue weighted by Crippen LogP contribution is 2.28. The largest absolute Gasteiger partial charge is 0.430 e. The summed E-state index contributed by atoms with van der Waals surface area (Å²) in [6, 6.07) is 4.63. The first-order chi connectivity index (χ1) is 7.70. The fraction of sp³-hybridized carbons (Fsp3) is 0.182. The molecule has 0 unspecified atom stereocenters. The molecule has 3 nitrogen and oxygen atoms in total. The van der Waals surface area contributed by atoms with E-state index < -0.39 is 0 Å². The number of thiazole rings is 1. The number of ether oxygens (including phenoxy) is 1. The molecule has 2 aromatic rings. The van der Waals surface area contributed by atoms with Gasteiger partial charge in [-0.15, -0.1) is 0 Å². The normalized spacial score (nSPS) is 10.4. The van der Waals surface area contributed by atoms with Crippen LogP contribution in [0.5, 0.6) is 10.9 Å². The van der Waals surface area contributed by atoms with E-state index in [1.807, 2.05) is 12.3 Å². The van der Waals surface area contributed by atoms with Crippen LogP contribution in [0.25, 0.3) is 0 Å². The predicted octanol–water partition coefficient (Wildman–Crippen LogP) is 2.84. The van der Waals surface area contributed by atoms with Crippen LogP contribution in [0.1, 0.15) is 11.3 Å². The summed E-state index contributed by atoms with van der Waals surface area (Å²) < 4.78 is 18.9. The van der Waals surface area contributed by atoms with Gasteiger partial charge in [0.25, 0.3) is 5.19 Å². The van der Waals surface area contributed by atoms with Crippen molar-refractivity contribution in [2.24, 2.45) is 5.73 Å². The molecule has 0 aliphatic heterocycles. The SMILES string of the molecule is Cc1csc(Oc2cccc(F)c2CN)n1. The monoisotopic (exact) mass is 238 g/mol. The summed E-state index contributed by atoms with van der Waals surface area (Å²) in [6.07, 6.45) is 0. The molecule has 0 fully saturated rings. The zero-order valence-electron chi connectivity index (χ0n) is 8.74. The molecule has 0 spiro atoms. The fourth-order valence-electron chi connectivity index (χ4n) is 1.31. The standard InChI is InChI=1S/C11H11FN2OS/c1-7-6-16-11(14-7)15-10-4-2-3-9(12)8(10)5-13/h2-4,6H,5,13H2,1H3. The third-order valence-electron chi connectivity index (χ3n) is 2.08. The van der Waals surface area contributed by atoms with E-state index in [0.29, 0.717) is 16.5 Å². The summed E-state index contributed by atoms with van der Waals surface area (Å²) in [5.41, 5.74) is 6.72. The van der Waals surface area contributed by atoms with Crippen molar-refractivity contribution in [2.45, 2.75) is 13.5 Å². The van der Waals surface area contributed by atoms with E-state index in [2.05, 4.69) is 4.98 Å². The van der Waals surface area contributed by atoms with Crippen molar-refractivity contribution >= 4 is 11.3 Å². The van der Waals surface area contributed by atoms with Crippen LogP contribution in [-0.2, 0) is 6.54 Å². The number of hydrogen-bond donors (Lipinski definition) is 1. The highest BCUT2D eigenvalue weighted by molar-refractivity contribution is 7.11. The number of halogens is 1. The lowest BCUT2D eigenvalue weighted by molar-refractivity contribution is 0.463. The fourth-order valence-corrected chi connectivity index (χ4v) is 1.96. The van der Waals surface area contributed by atoms with E-state index in [1.165, 1.54) is 17.4 Å². The summed E-state index contributed by atoms with van der Waals surface area (Å²) >= 11 is 1.37. The lowest BCUT2D eigenvalue weighted by Crippen LogP contribution is -2.02. The molecule has 0 aliphatic carbocycles. The zero-order chi connectivity index (χ0) is 11.5. The summed E-state index contributed by atoms with van der Waals surface area (Å²) in [5, 5.41) is 2.37. The lowest BCUT2D eigenvalue weighted by atomic mass is 10.2. The molecule has 0 saturated carbocycles. The van der Waals surface area contributed by atoms with Gasteiger partial charge in [0.05, 0.1) is 5.69 Å². The second kappa shape index (κ2) is 4.59. The predicted molar refractivity (Wildman–Crippen MR) is 61.2 cm³/mol. The average Bonchev–Trinajstić information content (AvgIpc) is 2.64. The minimum absolute atomic E-state index is 0.104. The molecule has 0 saturated heterocycles. The van der Waals surface area contributed by atoms with E-state index in [9.17, 15) is 4.39 Å². The van der Waals surface area contributed by atoms with Crippen molar-refractivity contribution in [1.29, 1.82) is 0 Å².